The minimum atomic E-state index is -7.85. The van der Waals surface area contributed by atoms with Crippen LogP contribution in [0.25, 0.3) is 0 Å². The number of hydrogen-bond donors (Lipinski definition) is 0. The molecule has 2 nitrogen and oxygen atoms in total. The van der Waals surface area contributed by atoms with E-state index in [9.17, 15) is 61.5 Å². The topological polar surface area (TPSA) is 18.5 Å². The summed E-state index contributed by atoms with van der Waals surface area (Å²) < 4.78 is 194. The van der Waals surface area contributed by atoms with Crippen LogP contribution in [0.1, 0.15) is 0 Å². The third-order valence-electron chi connectivity index (χ3n) is 3.83. The molecule has 0 N–H and O–H groups in total. The lowest BCUT2D eigenvalue weighted by atomic mass is 9.65. The maximum absolute atomic E-state index is 13.9. The summed E-state index contributed by atoms with van der Waals surface area (Å²) in [6, 6.07) is 0. The maximum atomic E-state index is 13.9. The SMILES string of the molecule is COC(F)(F)C1(F)C(F)(F)C(F)(F)C(F)(C(F)(F)OC)C(F)(F)C1(F)F. The summed E-state index contributed by atoms with van der Waals surface area (Å²) in [6.07, 6.45) is -13.6. The van der Waals surface area contributed by atoms with Gasteiger partial charge in [0.05, 0.1) is 0 Å². The summed E-state index contributed by atoms with van der Waals surface area (Å²) in [6.45, 7) is 0. The molecule has 1 aliphatic rings. The lowest BCUT2D eigenvalue weighted by Crippen LogP contribution is -2.91. The molecule has 1 rings (SSSR count). The van der Waals surface area contributed by atoms with Crippen LogP contribution in [-0.2, 0) is 9.47 Å². The predicted octanol–water partition coefficient (Wildman–Crippen LogP) is 4.44. The number of alkyl halides is 14. The van der Waals surface area contributed by atoms with Crippen molar-refractivity contribution in [3.63, 3.8) is 0 Å². The van der Waals surface area contributed by atoms with Crippen molar-refractivity contribution in [1.29, 1.82) is 0 Å². The van der Waals surface area contributed by atoms with Crippen LogP contribution in [0.4, 0.5) is 61.5 Å². The fourth-order valence-corrected chi connectivity index (χ4v) is 2.27. The number of hydrogen-bond acceptors (Lipinski definition) is 2. The van der Waals surface area contributed by atoms with Crippen molar-refractivity contribution < 1.29 is 70.9 Å². The van der Waals surface area contributed by atoms with Gasteiger partial charge in [0, 0.05) is 14.2 Å². The second-order valence-corrected chi connectivity index (χ2v) is 5.06. The highest BCUT2D eigenvalue weighted by atomic mass is 19.4. The van der Waals surface area contributed by atoms with Crippen LogP contribution in [0.3, 0.4) is 0 Å². The second-order valence-electron chi connectivity index (χ2n) is 5.06. The first-order valence-electron chi connectivity index (χ1n) is 5.87. The zero-order valence-corrected chi connectivity index (χ0v) is 12.1. The van der Waals surface area contributed by atoms with E-state index in [1.54, 1.807) is 0 Å². The van der Waals surface area contributed by atoms with Gasteiger partial charge in [-0.3, -0.25) is 0 Å². The van der Waals surface area contributed by atoms with E-state index >= 15 is 0 Å². The van der Waals surface area contributed by atoms with E-state index in [4.69, 9.17) is 0 Å². The van der Waals surface area contributed by atoms with Crippen molar-refractivity contribution in [2.75, 3.05) is 14.2 Å². The van der Waals surface area contributed by atoms with E-state index in [-0.39, 0.29) is 0 Å². The molecule has 0 aromatic carbocycles. The van der Waals surface area contributed by atoms with Crippen molar-refractivity contribution in [3.8, 4) is 0 Å². The molecule has 0 radical (unpaired) electrons. The first kappa shape index (κ1) is 23.0. The molecular weight excluding hydrogens is 418 g/mol. The van der Waals surface area contributed by atoms with Gasteiger partial charge in [0.25, 0.3) is 0 Å². The van der Waals surface area contributed by atoms with Crippen LogP contribution in [0.15, 0.2) is 0 Å². The van der Waals surface area contributed by atoms with Crippen LogP contribution >= 0.6 is 0 Å². The highest BCUT2D eigenvalue weighted by Crippen LogP contribution is 2.74. The van der Waals surface area contributed by atoms with E-state index in [0.29, 0.717) is 0 Å². The lowest BCUT2D eigenvalue weighted by molar-refractivity contribution is -0.538. The smallest absolute Gasteiger partial charge is 0.321 e. The molecule has 0 saturated heterocycles. The van der Waals surface area contributed by atoms with E-state index in [0.717, 1.165) is 0 Å². The standard InChI is InChI=1S/C10H6F14O2/c1-25-9(21,22)3(11)5(13,14)7(17,18)4(12,10(23,24)26-2)8(19,20)6(3,15)16/h1-2H3. The normalized spacial score (nSPS) is 36.0. The second kappa shape index (κ2) is 5.26. The molecule has 0 aromatic rings. The van der Waals surface area contributed by atoms with E-state index in [1.165, 1.54) is 0 Å². The monoisotopic (exact) mass is 424 g/mol. The summed E-state index contributed by atoms with van der Waals surface area (Å²) in [4.78, 5) is 0. The molecule has 0 spiro atoms. The van der Waals surface area contributed by atoms with Gasteiger partial charge in [-0.25, -0.2) is 8.78 Å². The van der Waals surface area contributed by atoms with E-state index in [1.807, 2.05) is 0 Å². The largest absolute Gasteiger partial charge is 0.402 e. The Morgan fingerprint density at radius 3 is 0.731 bits per heavy atom. The molecule has 0 atom stereocenters. The summed E-state index contributed by atoms with van der Waals surface area (Å²) in [5, 5.41) is 0. The predicted molar refractivity (Wildman–Crippen MR) is 51.4 cm³/mol. The van der Waals surface area contributed by atoms with Gasteiger partial charge in [-0.1, -0.05) is 0 Å². The fraction of sp³-hybridized carbons (Fsp3) is 1.00. The number of rotatable bonds is 4. The van der Waals surface area contributed by atoms with Gasteiger partial charge in [0.1, 0.15) is 0 Å². The van der Waals surface area contributed by atoms with Gasteiger partial charge in [0.2, 0.25) is 0 Å². The average Bonchev–Trinajstić information content (AvgIpc) is 2.50. The molecular formula is C10H6F14O2. The summed E-state index contributed by atoms with van der Waals surface area (Å²) in [5.74, 6) is -31.4. The van der Waals surface area contributed by atoms with Crippen molar-refractivity contribution >= 4 is 0 Å². The molecule has 1 saturated carbocycles. The molecule has 0 unspecified atom stereocenters. The highest BCUT2D eigenvalue weighted by Gasteiger charge is 3.08. The first-order valence-corrected chi connectivity index (χ1v) is 5.87. The maximum Gasteiger partial charge on any atom is 0.402 e. The number of halogens is 14. The molecule has 0 heterocycles. The van der Waals surface area contributed by atoms with Crippen molar-refractivity contribution in [1.82, 2.24) is 0 Å². The first-order chi connectivity index (χ1) is 11.1. The third kappa shape index (κ3) is 1.87. The molecule has 1 fully saturated rings. The van der Waals surface area contributed by atoms with Crippen LogP contribution < -0.4 is 0 Å². The Labute approximate surface area is 134 Å². The summed E-state index contributed by atoms with van der Waals surface area (Å²) >= 11 is 0. The number of ether oxygens (including phenoxy) is 2. The Bertz CT molecular complexity index is 492. The van der Waals surface area contributed by atoms with Crippen molar-refractivity contribution in [3.05, 3.63) is 0 Å². The van der Waals surface area contributed by atoms with Crippen molar-refractivity contribution in [2.24, 2.45) is 0 Å². The zero-order valence-electron chi connectivity index (χ0n) is 12.1. The third-order valence-corrected chi connectivity index (χ3v) is 3.83. The Hall–Kier alpha value is -1.06. The van der Waals surface area contributed by atoms with E-state index in [2.05, 4.69) is 9.47 Å². The molecule has 1 aliphatic carbocycles. The molecule has 0 aliphatic heterocycles. The lowest BCUT2D eigenvalue weighted by Gasteiger charge is -2.56. The summed E-state index contributed by atoms with van der Waals surface area (Å²) in [5.41, 5.74) is -15.3. The molecule has 26 heavy (non-hydrogen) atoms. The molecule has 0 amide bonds. The van der Waals surface area contributed by atoms with Crippen molar-refractivity contribution in [2.45, 2.75) is 47.2 Å². The van der Waals surface area contributed by atoms with Gasteiger partial charge in [-0.05, 0) is 0 Å². The minimum Gasteiger partial charge on any atom is -0.321 e. The van der Waals surface area contributed by atoms with E-state index < -0.39 is 61.5 Å². The molecule has 16 heteroatoms. The van der Waals surface area contributed by atoms with Crippen LogP contribution in [-0.4, -0.2) is 61.5 Å². The van der Waals surface area contributed by atoms with Crippen LogP contribution in [0.2, 0.25) is 0 Å². The average molecular weight is 424 g/mol. The highest BCUT2D eigenvalue weighted by molar-refractivity contribution is 5.33. The van der Waals surface area contributed by atoms with Crippen LogP contribution in [0, 0.1) is 0 Å². The van der Waals surface area contributed by atoms with Gasteiger partial charge >= 0.3 is 47.2 Å². The summed E-state index contributed by atoms with van der Waals surface area (Å²) in [7, 11) is -1.05. The number of methoxy groups -OCH3 is 2. The quantitative estimate of drug-likeness (QED) is 0.622. The Kier molecular flexibility index (Phi) is 4.65. The Morgan fingerprint density at radius 2 is 0.615 bits per heavy atom. The van der Waals surface area contributed by atoms with Gasteiger partial charge in [0.15, 0.2) is 0 Å². The minimum absolute atomic E-state index is 0.523. The zero-order chi connectivity index (χ0) is 21.4. The molecule has 156 valence electrons. The van der Waals surface area contributed by atoms with Gasteiger partial charge in [-0.15, -0.1) is 0 Å². The van der Waals surface area contributed by atoms with Crippen LogP contribution in [0.5, 0.6) is 0 Å². The van der Waals surface area contributed by atoms with Gasteiger partial charge < -0.3 is 9.47 Å². The fourth-order valence-electron chi connectivity index (χ4n) is 2.27. The molecule has 0 aromatic heterocycles. The Morgan fingerprint density at radius 1 is 0.462 bits per heavy atom. The van der Waals surface area contributed by atoms with Gasteiger partial charge in [-0.2, -0.15) is 52.7 Å². The molecule has 0 bridgehead atoms. The Balaban J connectivity index is 4.13.